The zero-order chi connectivity index (χ0) is 44.5. The van der Waals surface area contributed by atoms with Gasteiger partial charge in [0.05, 0.1) is 22.1 Å². The van der Waals surface area contributed by atoms with Gasteiger partial charge in [-0.3, -0.25) is 0 Å². The lowest BCUT2D eigenvalue weighted by molar-refractivity contribution is 0.663. The monoisotopic (exact) mass is 872 g/mol. The maximum Gasteiger partial charge on any atom is 0.137 e. The molecule has 0 saturated carbocycles. The molecular formula is C62H36N2O4. The van der Waals surface area contributed by atoms with Gasteiger partial charge in [-0.25, -0.2) is 0 Å². The van der Waals surface area contributed by atoms with Crippen LogP contribution in [0.2, 0.25) is 0 Å². The summed E-state index contributed by atoms with van der Waals surface area (Å²) in [5, 5.41) is 12.9. The molecule has 15 aromatic rings. The summed E-state index contributed by atoms with van der Waals surface area (Å²) in [4.78, 5) is 4.64. The molecule has 68 heavy (non-hydrogen) atoms. The molecule has 0 amide bonds. The molecule has 15 rings (SSSR count). The average Bonchev–Trinajstić information content (AvgIpc) is 4.16. The van der Waals surface area contributed by atoms with Crippen molar-refractivity contribution in [2.45, 2.75) is 0 Å². The Balaban J connectivity index is 0.874. The molecular weight excluding hydrogens is 837 g/mol. The highest BCUT2D eigenvalue weighted by Gasteiger charge is 2.23. The van der Waals surface area contributed by atoms with E-state index in [1.54, 1.807) is 0 Å². The second-order valence-electron chi connectivity index (χ2n) is 17.6. The van der Waals surface area contributed by atoms with E-state index < -0.39 is 0 Å². The smallest absolute Gasteiger partial charge is 0.137 e. The Bertz CT molecular complexity index is 4230. The van der Waals surface area contributed by atoms with Gasteiger partial charge in [-0.15, -0.1) is 0 Å². The molecule has 0 aliphatic carbocycles. The van der Waals surface area contributed by atoms with Crippen LogP contribution in [0.3, 0.4) is 0 Å². The van der Waals surface area contributed by atoms with Crippen molar-refractivity contribution in [1.29, 1.82) is 0 Å². The summed E-state index contributed by atoms with van der Waals surface area (Å²) >= 11 is 0. The lowest BCUT2D eigenvalue weighted by Crippen LogP contribution is -2.10. The quantitative estimate of drug-likeness (QED) is 0.166. The third-order valence-electron chi connectivity index (χ3n) is 13.7. The molecule has 4 heterocycles. The molecule has 11 aromatic carbocycles. The fourth-order valence-electron chi connectivity index (χ4n) is 10.8. The van der Waals surface area contributed by atoms with Gasteiger partial charge in [0, 0.05) is 55.1 Å². The fourth-order valence-corrected chi connectivity index (χ4v) is 10.8. The molecule has 0 spiro atoms. The van der Waals surface area contributed by atoms with Crippen molar-refractivity contribution in [1.82, 2.24) is 0 Å². The van der Waals surface area contributed by atoms with Gasteiger partial charge in [-0.1, -0.05) is 97.1 Å². The normalized spacial score (nSPS) is 12.1. The second-order valence-corrected chi connectivity index (χ2v) is 17.6. The van der Waals surface area contributed by atoms with Crippen molar-refractivity contribution in [2.24, 2.45) is 0 Å². The van der Waals surface area contributed by atoms with Crippen LogP contribution in [0.25, 0.3) is 109 Å². The van der Waals surface area contributed by atoms with Crippen LogP contribution < -0.4 is 9.80 Å². The van der Waals surface area contributed by atoms with Crippen molar-refractivity contribution in [2.75, 3.05) is 9.80 Å². The van der Waals surface area contributed by atoms with Crippen LogP contribution in [0.15, 0.2) is 236 Å². The van der Waals surface area contributed by atoms with Crippen molar-refractivity contribution >= 4 is 143 Å². The first-order chi connectivity index (χ1) is 33.7. The molecule has 0 radical (unpaired) electrons. The Morgan fingerprint density at radius 2 is 0.618 bits per heavy atom. The Morgan fingerprint density at radius 3 is 1.09 bits per heavy atom. The van der Waals surface area contributed by atoms with E-state index in [1.165, 1.54) is 0 Å². The van der Waals surface area contributed by atoms with E-state index in [1.807, 2.05) is 48.5 Å². The fraction of sp³-hybridized carbons (Fsp3) is 0. The molecule has 0 bridgehead atoms. The largest absolute Gasteiger partial charge is 0.456 e. The molecule has 6 nitrogen and oxygen atoms in total. The minimum atomic E-state index is 0.824. The van der Waals surface area contributed by atoms with Crippen LogP contribution in [-0.2, 0) is 0 Å². The van der Waals surface area contributed by atoms with Gasteiger partial charge in [-0.2, -0.15) is 0 Å². The number of benzene rings is 11. The zero-order valence-corrected chi connectivity index (χ0v) is 36.3. The van der Waals surface area contributed by atoms with Gasteiger partial charge >= 0.3 is 0 Å². The Kier molecular flexibility index (Phi) is 7.69. The number of para-hydroxylation sites is 4. The summed E-state index contributed by atoms with van der Waals surface area (Å²) in [5.74, 6) is 0. The molecule has 0 fully saturated rings. The van der Waals surface area contributed by atoms with E-state index in [-0.39, 0.29) is 0 Å². The lowest BCUT2D eigenvalue weighted by atomic mass is 10.00. The van der Waals surface area contributed by atoms with Crippen molar-refractivity contribution in [3.8, 4) is 0 Å². The molecule has 0 unspecified atom stereocenters. The van der Waals surface area contributed by atoms with Crippen LogP contribution in [0, 0.1) is 0 Å². The highest BCUT2D eigenvalue weighted by atomic mass is 16.3. The third kappa shape index (κ3) is 5.46. The molecule has 0 N–H and O–H groups in total. The number of fused-ring (bicyclic) bond motifs is 15. The second kappa shape index (κ2) is 14.1. The Labute approximate surface area is 387 Å². The predicted molar refractivity (Wildman–Crippen MR) is 280 cm³/mol. The standard InChI is InChI=1S/C62H36N2O4/c1-3-13-41(14-4-1)63(49-19-11-23-53-59(49)45-17-7-9-21-51(45)65-53)43-27-25-37-33-47-57(35-39(37)31-43)67-55-29-30-56-62(61(47)55)48-34-38-26-28-44(32-40(38)36-58(48)68-56)64(42-15-5-2-6-16-42)50-20-12-24-54-60(50)46-18-8-10-22-52(46)66-54/h1-36H. The molecule has 6 heteroatoms. The summed E-state index contributed by atoms with van der Waals surface area (Å²) in [6, 6.07) is 76.5. The van der Waals surface area contributed by atoms with E-state index in [0.29, 0.717) is 0 Å². The summed E-state index contributed by atoms with van der Waals surface area (Å²) in [6.45, 7) is 0. The molecule has 318 valence electrons. The topological polar surface area (TPSA) is 59.0 Å². The van der Waals surface area contributed by atoms with E-state index in [0.717, 1.165) is 143 Å². The molecule has 0 saturated heterocycles. The van der Waals surface area contributed by atoms with Crippen LogP contribution >= 0.6 is 0 Å². The number of anilines is 6. The van der Waals surface area contributed by atoms with Gasteiger partial charge in [0.25, 0.3) is 0 Å². The lowest BCUT2D eigenvalue weighted by Gasteiger charge is -2.26. The molecule has 0 aliphatic heterocycles. The Hall–Kier alpha value is -9.26. The molecule has 0 aliphatic rings. The van der Waals surface area contributed by atoms with Crippen molar-refractivity contribution < 1.29 is 17.7 Å². The first kappa shape index (κ1) is 37.0. The highest BCUT2D eigenvalue weighted by Crippen LogP contribution is 2.47. The van der Waals surface area contributed by atoms with Gasteiger partial charge in [-0.05, 0) is 143 Å². The van der Waals surface area contributed by atoms with Gasteiger partial charge in [0.1, 0.15) is 44.7 Å². The average molecular weight is 873 g/mol. The van der Waals surface area contributed by atoms with Crippen molar-refractivity contribution in [3.63, 3.8) is 0 Å². The van der Waals surface area contributed by atoms with Crippen LogP contribution in [0.1, 0.15) is 0 Å². The van der Waals surface area contributed by atoms with E-state index in [4.69, 9.17) is 17.7 Å². The third-order valence-corrected chi connectivity index (χ3v) is 13.7. The summed E-state index contributed by atoms with van der Waals surface area (Å²) in [7, 11) is 0. The van der Waals surface area contributed by atoms with Crippen LogP contribution in [0.4, 0.5) is 34.1 Å². The van der Waals surface area contributed by atoms with Gasteiger partial charge in [0.2, 0.25) is 0 Å². The minimum Gasteiger partial charge on any atom is -0.456 e. The summed E-state index contributed by atoms with van der Waals surface area (Å²) in [5.41, 5.74) is 13.0. The predicted octanol–water partition coefficient (Wildman–Crippen LogP) is 18.5. The van der Waals surface area contributed by atoms with Gasteiger partial charge in [0.15, 0.2) is 0 Å². The van der Waals surface area contributed by atoms with E-state index >= 15 is 0 Å². The highest BCUT2D eigenvalue weighted by molar-refractivity contribution is 6.28. The summed E-state index contributed by atoms with van der Waals surface area (Å²) < 4.78 is 26.2. The summed E-state index contributed by atoms with van der Waals surface area (Å²) in [6.07, 6.45) is 0. The van der Waals surface area contributed by atoms with Crippen LogP contribution in [-0.4, -0.2) is 0 Å². The molecule has 4 aromatic heterocycles. The van der Waals surface area contributed by atoms with E-state index in [2.05, 4.69) is 180 Å². The number of furan rings is 4. The first-order valence-corrected chi connectivity index (χ1v) is 22.9. The van der Waals surface area contributed by atoms with Crippen molar-refractivity contribution in [3.05, 3.63) is 218 Å². The maximum atomic E-state index is 6.74. The zero-order valence-electron chi connectivity index (χ0n) is 36.3. The van der Waals surface area contributed by atoms with Crippen LogP contribution in [0.5, 0.6) is 0 Å². The van der Waals surface area contributed by atoms with E-state index in [9.17, 15) is 0 Å². The number of hydrogen-bond acceptors (Lipinski definition) is 6. The first-order valence-electron chi connectivity index (χ1n) is 22.9. The van der Waals surface area contributed by atoms with Gasteiger partial charge < -0.3 is 27.5 Å². The minimum absolute atomic E-state index is 0.824. The Morgan fingerprint density at radius 1 is 0.221 bits per heavy atom. The molecule has 0 atom stereocenters. The number of rotatable bonds is 6. The SMILES string of the molecule is c1ccc(N(c2ccc3cc4c(cc3c2)oc2ccc3oc5cc6cc(N(c7ccccc7)c7cccc8oc9ccccc9c78)ccc6cc5c3c24)c2cccc3oc4ccccc4c23)cc1. The number of hydrogen-bond donors (Lipinski definition) is 0. The number of nitrogens with zero attached hydrogens (tertiary/aromatic N) is 2. The maximum absolute atomic E-state index is 6.74.